The maximum atomic E-state index is 9.68. The van der Waals surface area contributed by atoms with Crippen molar-refractivity contribution in [2.75, 3.05) is 0 Å². The molecule has 0 saturated heterocycles. The zero-order valence-corrected chi connectivity index (χ0v) is 30.2. The maximum absolute atomic E-state index is 9.68. The molecule has 6 aromatic carbocycles. The summed E-state index contributed by atoms with van der Waals surface area (Å²) in [5.74, 6) is 4.63. The van der Waals surface area contributed by atoms with Crippen LogP contribution in [0.4, 0.5) is 0 Å². The molecule has 0 radical (unpaired) electrons. The predicted octanol–water partition coefficient (Wildman–Crippen LogP) is 12.2. The third-order valence-corrected chi connectivity index (χ3v) is 12.4. The zero-order chi connectivity index (χ0) is 36.1. The summed E-state index contributed by atoms with van der Waals surface area (Å²) in [6, 6.07) is 55.0. The molecule has 0 atom stereocenters. The van der Waals surface area contributed by atoms with Crippen molar-refractivity contribution < 1.29 is 0 Å². The lowest BCUT2D eigenvalue weighted by Gasteiger charge is -2.57. The van der Waals surface area contributed by atoms with Gasteiger partial charge in [-0.2, -0.15) is 5.26 Å². The molecule has 0 spiro atoms. The van der Waals surface area contributed by atoms with Crippen molar-refractivity contribution in [1.29, 1.82) is 5.26 Å². The zero-order valence-electron chi connectivity index (χ0n) is 30.2. The molecule has 54 heavy (non-hydrogen) atoms. The van der Waals surface area contributed by atoms with Crippen LogP contribution in [0.5, 0.6) is 0 Å². The minimum atomic E-state index is 0.330. The lowest BCUT2D eigenvalue weighted by Crippen LogP contribution is -2.48. The van der Waals surface area contributed by atoms with Crippen LogP contribution >= 0.6 is 0 Å². The monoisotopic (exact) mass is 696 g/mol. The highest BCUT2D eigenvalue weighted by Gasteiger charge is 2.51. The Labute approximate surface area is 317 Å². The second kappa shape index (κ2) is 13.3. The standard InChI is InChI=1S/C50H40N4/c51-32-33-11-10-14-39(28-33)42-16-4-6-17-43(42)44-18-7-9-20-46(44)49-53-47(52-48(54-49)45-19-8-5-15-41(45)37-12-2-1-3-13-37)38-21-23-40(24-22-38)50-29-34-25-35(30-50)27-36(26-34)31-50/h1-24,28,34-36H,25-27,29-31H2/t34-,35+,36-,50?. The van der Waals surface area contributed by atoms with Crippen LogP contribution in [0.3, 0.4) is 0 Å². The van der Waals surface area contributed by atoms with Crippen LogP contribution in [0, 0.1) is 29.1 Å². The van der Waals surface area contributed by atoms with Gasteiger partial charge in [0.15, 0.2) is 17.5 Å². The first-order valence-electron chi connectivity index (χ1n) is 19.3. The fourth-order valence-electron chi connectivity index (χ4n) is 10.4. The van der Waals surface area contributed by atoms with E-state index in [1.807, 2.05) is 30.3 Å². The van der Waals surface area contributed by atoms with E-state index in [0.717, 1.165) is 67.8 Å². The van der Waals surface area contributed by atoms with Crippen LogP contribution in [0.25, 0.3) is 67.5 Å². The Bertz CT molecular complexity index is 2510. The number of benzene rings is 6. The van der Waals surface area contributed by atoms with Gasteiger partial charge in [-0.25, -0.2) is 15.0 Å². The van der Waals surface area contributed by atoms with Gasteiger partial charge in [0.05, 0.1) is 11.6 Å². The number of rotatable bonds is 7. The molecule has 0 unspecified atom stereocenters. The molecule has 11 rings (SSSR count). The third kappa shape index (κ3) is 5.81. The van der Waals surface area contributed by atoms with Gasteiger partial charge in [-0.05, 0) is 113 Å². The van der Waals surface area contributed by atoms with Crippen LogP contribution in [-0.2, 0) is 5.41 Å². The van der Waals surface area contributed by atoms with Crippen molar-refractivity contribution in [1.82, 2.24) is 15.0 Å². The number of hydrogen-bond donors (Lipinski definition) is 0. The Hall–Kier alpha value is -6.18. The summed E-state index contributed by atoms with van der Waals surface area (Å²) in [4.78, 5) is 15.8. The average molecular weight is 697 g/mol. The molecule has 4 nitrogen and oxygen atoms in total. The molecule has 1 heterocycles. The van der Waals surface area contributed by atoms with Crippen molar-refractivity contribution in [2.45, 2.75) is 43.9 Å². The van der Waals surface area contributed by atoms with E-state index in [-0.39, 0.29) is 0 Å². The topological polar surface area (TPSA) is 62.5 Å². The molecule has 4 saturated carbocycles. The first kappa shape index (κ1) is 32.5. The highest BCUT2D eigenvalue weighted by molar-refractivity contribution is 5.91. The van der Waals surface area contributed by atoms with Crippen molar-refractivity contribution in [3.05, 3.63) is 163 Å². The molecule has 4 fully saturated rings. The average Bonchev–Trinajstić information content (AvgIpc) is 3.23. The van der Waals surface area contributed by atoms with Gasteiger partial charge >= 0.3 is 0 Å². The molecule has 4 heteroatoms. The summed E-state index contributed by atoms with van der Waals surface area (Å²) in [6.07, 6.45) is 8.35. The molecule has 0 N–H and O–H groups in total. The van der Waals surface area contributed by atoms with Crippen molar-refractivity contribution in [2.24, 2.45) is 17.8 Å². The molecule has 4 bridgehead atoms. The number of nitriles is 1. The number of nitrogens with zero attached hydrogens (tertiary/aromatic N) is 4. The minimum absolute atomic E-state index is 0.330. The normalized spacial score (nSPS) is 21.1. The van der Waals surface area contributed by atoms with Gasteiger partial charge in [-0.1, -0.05) is 140 Å². The van der Waals surface area contributed by atoms with Crippen molar-refractivity contribution in [3.8, 4) is 73.6 Å². The molecule has 0 amide bonds. The fraction of sp³-hybridized carbons (Fsp3) is 0.200. The van der Waals surface area contributed by atoms with Gasteiger partial charge in [-0.3, -0.25) is 0 Å². The summed E-state index contributed by atoms with van der Waals surface area (Å²) in [7, 11) is 0. The summed E-state index contributed by atoms with van der Waals surface area (Å²) in [5, 5.41) is 9.68. The van der Waals surface area contributed by atoms with E-state index in [2.05, 4.69) is 127 Å². The smallest absolute Gasteiger partial charge is 0.164 e. The molecule has 7 aromatic rings. The maximum Gasteiger partial charge on any atom is 0.164 e. The molecular weight excluding hydrogens is 657 g/mol. The van der Waals surface area contributed by atoms with Gasteiger partial charge in [0.1, 0.15) is 0 Å². The Morgan fingerprint density at radius 3 is 1.48 bits per heavy atom. The Morgan fingerprint density at radius 1 is 0.426 bits per heavy atom. The second-order valence-electron chi connectivity index (χ2n) is 15.8. The molecule has 1 aromatic heterocycles. The minimum Gasteiger partial charge on any atom is -0.208 e. The third-order valence-electron chi connectivity index (χ3n) is 12.4. The van der Waals surface area contributed by atoms with Crippen LogP contribution < -0.4 is 0 Å². The SMILES string of the molecule is N#Cc1cccc(-c2ccccc2-c2ccccc2-c2nc(-c3ccc(C45C[C@H]6C[C@@H](C4)C[C@@H](C5)C6)cc3)nc(-c3ccccc3-c3ccccc3)n2)c1. The van der Waals surface area contributed by atoms with Crippen LogP contribution in [0.15, 0.2) is 152 Å². The van der Waals surface area contributed by atoms with E-state index in [9.17, 15) is 5.26 Å². The summed E-state index contributed by atoms with van der Waals surface area (Å²) in [5.41, 5.74) is 11.7. The molecular formula is C50H40N4. The van der Waals surface area contributed by atoms with E-state index < -0.39 is 0 Å². The summed E-state index contributed by atoms with van der Waals surface area (Å²) in [6.45, 7) is 0. The predicted molar refractivity (Wildman–Crippen MR) is 217 cm³/mol. The molecule has 4 aliphatic carbocycles. The van der Waals surface area contributed by atoms with Gasteiger partial charge in [0, 0.05) is 16.7 Å². The van der Waals surface area contributed by atoms with Gasteiger partial charge in [0.25, 0.3) is 0 Å². The van der Waals surface area contributed by atoms with E-state index in [1.165, 1.54) is 44.1 Å². The van der Waals surface area contributed by atoms with Gasteiger partial charge in [-0.15, -0.1) is 0 Å². The first-order chi connectivity index (χ1) is 26.6. The Morgan fingerprint density at radius 2 is 0.889 bits per heavy atom. The lowest BCUT2D eigenvalue weighted by molar-refractivity contribution is -0.00518. The van der Waals surface area contributed by atoms with E-state index in [1.54, 1.807) is 0 Å². The Kier molecular flexibility index (Phi) is 8.02. The number of aromatic nitrogens is 3. The quantitative estimate of drug-likeness (QED) is 0.166. The highest BCUT2D eigenvalue weighted by Crippen LogP contribution is 2.60. The first-order valence-corrected chi connectivity index (χ1v) is 19.3. The van der Waals surface area contributed by atoms with Crippen molar-refractivity contribution >= 4 is 0 Å². The Balaban J connectivity index is 1.13. The van der Waals surface area contributed by atoms with Gasteiger partial charge in [0.2, 0.25) is 0 Å². The molecule has 260 valence electrons. The van der Waals surface area contributed by atoms with Gasteiger partial charge < -0.3 is 0 Å². The second-order valence-corrected chi connectivity index (χ2v) is 15.8. The highest BCUT2D eigenvalue weighted by atomic mass is 15.0. The van der Waals surface area contributed by atoms with E-state index in [4.69, 9.17) is 15.0 Å². The van der Waals surface area contributed by atoms with Crippen LogP contribution in [-0.4, -0.2) is 15.0 Å². The molecule has 0 aliphatic heterocycles. The van der Waals surface area contributed by atoms with E-state index in [0.29, 0.717) is 28.5 Å². The van der Waals surface area contributed by atoms with Crippen LogP contribution in [0.1, 0.15) is 49.7 Å². The number of hydrogen-bond acceptors (Lipinski definition) is 4. The van der Waals surface area contributed by atoms with Crippen molar-refractivity contribution in [3.63, 3.8) is 0 Å². The lowest BCUT2D eigenvalue weighted by atomic mass is 9.48. The fourth-order valence-corrected chi connectivity index (χ4v) is 10.4. The van der Waals surface area contributed by atoms with E-state index >= 15 is 0 Å². The van der Waals surface area contributed by atoms with Crippen LogP contribution in [0.2, 0.25) is 0 Å². The summed E-state index contributed by atoms with van der Waals surface area (Å²) < 4.78 is 0. The molecule has 4 aliphatic rings. The summed E-state index contributed by atoms with van der Waals surface area (Å²) >= 11 is 0. The largest absolute Gasteiger partial charge is 0.208 e.